The number of hydrogen-bond acceptors (Lipinski definition) is 10. The summed E-state index contributed by atoms with van der Waals surface area (Å²) < 4.78 is 17.6. The number of H-pyrrole nitrogens is 1. The van der Waals surface area contributed by atoms with Crippen LogP contribution < -0.4 is 19.5 Å². The van der Waals surface area contributed by atoms with Crippen LogP contribution in [0.15, 0.2) is 30.3 Å². The van der Waals surface area contributed by atoms with Crippen molar-refractivity contribution < 1.29 is 34.3 Å². The summed E-state index contributed by atoms with van der Waals surface area (Å²) in [5.74, 6) is 1.08. The molecule has 0 unspecified atom stereocenters. The Bertz CT molecular complexity index is 2000. The summed E-state index contributed by atoms with van der Waals surface area (Å²) in [4.78, 5) is 21.1. The van der Waals surface area contributed by atoms with Gasteiger partial charge in [-0.2, -0.15) is 5.26 Å². The number of hydrogen-bond donors (Lipinski definition) is 5. The number of nitrogens with one attached hydrogen (secondary N) is 2. The van der Waals surface area contributed by atoms with Crippen LogP contribution in [0.3, 0.4) is 0 Å². The number of fused-ring (bicyclic) bond motifs is 8. The van der Waals surface area contributed by atoms with Crippen LogP contribution in [-0.2, 0) is 19.4 Å². The van der Waals surface area contributed by atoms with E-state index >= 15 is 0 Å². The summed E-state index contributed by atoms with van der Waals surface area (Å²) in [6.45, 7) is 3.26. The van der Waals surface area contributed by atoms with Crippen molar-refractivity contribution in [2.45, 2.75) is 63.5 Å². The standard InChI is InChI=1S/C37H41N5O7/c1-17-22(16-43)32(44)29-20(34(17)47-4)13-26-31-30-21(35(48-5)18(2)36(49-6)33(30)45)12-25(41(31)3)27(14-38)42(26)28(29)15-39-37(46)24-11-19-9-7-8-10-23(19)40-24/h7-11,25-28,31,40,43-45H,12-13,15-16H2,1-6H3,(H,39,46)/t25-,26-,27-,28-,31+/m0/s1. The van der Waals surface area contributed by atoms with Crippen LogP contribution in [0.2, 0.25) is 0 Å². The second kappa shape index (κ2) is 12.2. The number of nitrogens with zero attached hydrogens (tertiary/aromatic N) is 3. The SMILES string of the molecule is COc1c(C)c(OC)c2c(c1O)[C@H]1[C@@H]3Cc4c(OC)c(C)c(CO)c(O)c4[C@H](CNC(=O)c4cc5ccccc5[nH]4)N3[C@@H](C#N)[C@H](C2)N1C. The molecule has 1 aromatic heterocycles. The first-order valence-corrected chi connectivity index (χ1v) is 16.3. The van der Waals surface area contributed by atoms with Gasteiger partial charge in [0, 0.05) is 68.5 Å². The van der Waals surface area contributed by atoms with E-state index in [9.17, 15) is 25.4 Å². The minimum atomic E-state index is -0.692. The Morgan fingerprint density at radius 1 is 0.980 bits per heavy atom. The van der Waals surface area contributed by atoms with Gasteiger partial charge in [0.05, 0.1) is 46.1 Å². The van der Waals surface area contributed by atoms with E-state index in [0.717, 1.165) is 22.0 Å². The molecule has 7 rings (SSSR count). The molecule has 3 aliphatic heterocycles. The Hall–Kier alpha value is -4.96. The van der Waals surface area contributed by atoms with Crippen molar-refractivity contribution >= 4 is 16.8 Å². The fraction of sp³-hybridized carbons (Fsp3) is 0.405. The molecule has 12 nitrogen and oxygen atoms in total. The van der Waals surface area contributed by atoms with E-state index in [1.54, 1.807) is 27.2 Å². The molecule has 0 spiro atoms. The van der Waals surface area contributed by atoms with E-state index in [1.165, 1.54) is 7.11 Å². The van der Waals surface area contributed by atoms with E-state index in [2.05, 4.69) is 26.2 Å². The third-order valence-corrected chi connectivity index (χ3v) is 11.0. The number of carbonyl (C=O) groups is 1. The van der Waals surface area contributed by atoms with Crippen LogP contribution in [0.5, 0.6) is 28.7 Å². The molecule has 0 radical (unpaired) electrons. The number of para-hydroxylation sites is 1. The minimum absolute atomic E-state index is 0.0255. The van der Waals surface area contributed by atoms with Crippen LogP contribution in [-0.4, -0.2) is 89.1 Å². The summed E-state index contributed by atoms with van der Waals surface area (Å²) in [6, 6.07) is 9.45. The van der Waals surface area contributed by atoms with Crippen molar-refractivity contribution in [2.24, 2.45) is 0 Å². The number of aromatic nitrogens is 1. The van der Waals surface area contributed by atoms with E-state index in [-0.39, 0.29) is 30.0 Å². The molecular weight excluding hydrogens is 626 g/mol. The molecule has 256 valence electrons. The Morgan fingerprint density at radius 2 is 1.63 bits per heavy atom. The normalized spacial score (nSPS) is 22.9. The lowest BCUT2D eigenvalue weighted by Crippen LogP contribution is -2.68. The van der Waals surface area contributed by atoms with Crippen molar-refractivity contribution in [3.63, 3.8) is 0 Å². The number of aromatic amines is 1. The van der Waals surface area contributed by atoms with Crippen LogP contribution in [0.1, 0.15) is 61.5 Å². The largest absolute Gasteiger partial charge is 0.507 e. The maximum Gasteiger partial charge on any atom is 0.267 e. The molecule has 1 saturated heterocycles. The molecule has 4 heterocycles. The summed E-state index contributed by atoms with van der Waals surface area (Å²) in [6.07, 6.45) is 0.764. The van der Waals surface area contributed by atoms with Crippen molar-refractivity contribution in [1.29, 1.82) is 5.26 Å². The Kier molecular flexibility index (Phi) is 8.10. The van der Waals surface area contributed by atoms with Gasteiger partial charge in [-0.15, -0.1) is 0 Å². The molecule has 5 atom stereocenters. The third kappa shape index (κ3) is 4.64. The first-order valence-electron chi connectivity index (χ1n) is 16.3. The molecule has 49 heavy (non-hydrogen) atoms. The first kappa shape index (κ1) is 32.6. The van der Waals surface area contributed by atoms with Gasteiger partial charge >= 0.3 is 0 Å². The zero-order valence-corrected chi connectivity index (χ0v) is 28.4. The number of likely N-dealkylation sites (N-methyl/N-ethyl adjacent to an activating group) is 1. The highest BCUT2D eigenvalue weighted by Crippen LogP contribution is 2.58. The average molecular weight is 668 g/mol. The number of phenolic OH excluding ortho intramolecular Hbond substituents is 1. The molecule has 0 saturated carbocycles. The molecule has 12 heteroatoms. The highest BCUT2D eigenvalue weighted by molar-refractivity contribution is 5.98. The quantitative estimate of drug-likeness (QED) is 0.195. The topological polar surface area (TPSA) is 164 Å². The van der Waals surface area contributed by atoms with Crippen LogP contribution in [0.25, 0.3) is 10.9 Å². The number of rotatable bonds is 7. The van der Waals surface area contributed by atoms with Crippen molar-refractivity contribution in [1.82, 2.24) is 20.1 Å². The van der Waals surface area contributed by atoms with Gasteiger partial charge < -0.3 is 39.8 Å². The number of phenols is 2. The maximum absolute atomic E-state index is 13.7. The molecule has 2 bridgehead atoms. The lowest BCUT2D eigenvalue weighted by atomic mass is 9.71. The lowest BCUT2D eigenvalue weighted by molar-refractivity contribution is -0.0724. The molecule has 5 N–H and O–H groups in total. The number of carbonyl (C=O) groups excluding carboxylic acids is 1. The van der Waals surface area contributed by atoms with Gasteiger partial charge in [-0.1, -0.05) is 18.2 Å². The van der Waals surface area contributed by atoms with Crippen LogP contribution >= 0.6 is 0 Å². The monoisotopic (exact) mass is 667 g/mol. The summed E-state index contributed by atoms with van der Waals surface area (Å²) in [5, 5.41) is 48.9. The van der Waals surface area contributed by atoms with Gasteiger partial charge in [0.25, 0.3) is 5.91 Å². The third-order valence-electron chi connectivity index (χ3n) is 11.0. The molecule has 4 aromatic rings. The predicted octanol–water partition coefficient (Wildman–Crippen LogP) is 3.92. The zero-order chi connectivity index (χ0) is 34.9. The molecule has 1 fully saturated rings. The predicted molar refractivity (Wildman–Crippen MR) is 181 cm³/mol. The number of aromatic hydroxyl groups is 2. The van der Waals surface area contributed by atoms with Crippen molar-refractivity contribution in [2.75, 3.05) is 34.9 Å². The molecular formula is C37H41N5O7. The van der Waals surface area contributed by atoms with E-state index in [1.807, 2.05) is 38.2 Å². The summed E-state index contributed by atoms with van der Waals surface area (Å²) in [5.41, 5.74) is 5.57. The minimum Gasteiger partial charge on any atom is -0.507 e. The summed E-state index contributed by atoms with van der Waals surface area (Å²) >= 11 is 0. The maximum atomic E-state index is 13.7. The van der Waals surface area contributed by atoms with Crippen LogP contribution in [0.4, 0.5) is 0 Å². The number of aliphatic hydroxyl groups excluding tert-OH is 1. The van der Waals surface area contributed by atoms with Gasteiger partial charge in [-0.05, 0) is 45.9 Å². The molecule has 3 aliphatic rings. The van der Waals surface area contributed by atoms with Crippen LogP contribution in [0, 0.1) is 25.2 Å². The van der Waals surface area contributed by atoms with Gasteiger partial charge in [-0.25, -0.2) is 0 Å². The molecule has 1 amide bonds. The highest BCUT2D eigenvalue weighted by atomic mass is 16.5. The second-order valence-electron chi connectivity index (χ2n) is 13.1. The molecule has 0 aliphatic carbocycles. The van der Waals surface area contributed by atoms with Crippen molar-refractivity contribution in [3.05, 3.63) is 75.0 Å². The number of amides is 1. The highest BCUT2D eigenvalue weighted by Gasteiger charge is 2.57. The Balaban J connectivity index is 1.42. The number of benzene rings is 3. The van der Waals surface area contributed by atoms with E-state index in [0.29, 0.717) is 63.6 Å². The fourth-order valence-electron chi connectivity index (χ4n) is 8.91. The average Bonchev–Trinajstić information content (AvgIpc) is 3.53. The lowest BCUT2D eigenvalue weighted by Gasteiger charge is -2.60. The number of ether oxygens (including phenoxy) is 3. The second-order valence-corrected chi connectivity index (χ2v) is 13.1. The van der Waals surface area contributed by atoms with Gasteiger partial charge in [-0.3, -0.25) is 14.6 Å². The smallest absolute Gasteiger partial charge is 0.267 e. The Morgan fingerprint density at radius 3 is 2.29 bits per heavy atom. The summed E-state index contributed by atoms with van der Waals surface area (Å²) in [7, 11) is 6.63. The number of aliphatic hydroxyl groups is 1. The van der Waals surface area contributed by atoms with E-state index in [4.69, 9.17) is 14.2 Å². The number of piperazine rings is 1. The fourth-order valence-corrected chi connectivity index (χ4v) is 8.91. The van der Waals surface area contributed by atoms with E-state index < -0.39 is 30.8 Å². The number of nitriles is 1. The van der Waals surface area contributed by atoms with Gasteiger partial charge in [0.15, 0.2) is 11.5 Å². The Labute approximate surface area is 284 Å². The first-order chi connectivity index (χ1) is 23.6. The van der Waals surface area contributed by atoms with Gasteiger partial charge in [0.1, 0.15) is 29.0 Å². The van der Waals surface area contributed by atoms with Gasteiger partial charge in [0.2, 0.25) is 0 Å². The van der Waals surface area contributed by atoms with Crippen molar-refractivity contribution in [3.8, 4) is 34.8 Å². The molecule has 3 aromatic carbocycles. The number of methoxy groups -OCH3 is 3. The zero-order valence-electron chi connectivity index (χ0n) is 28.4.